The minimum Gasteiger partial charge on any atom is -0.393 e. The molecule has 2 heteroatoms. The first-order chi connectivity index (χ1) is 8.31. The average Bonchev–Trinajstić information content (AvgIpc) is 2.71. The van der Waals surface area contributed by atoms with Crippen LogP contribution in [-0.2, 0) is 0 Å². The molecule has 2 nitrogen and oxygen atoms in total. The number of hydrogen-bond acceptors (Lipinski definition) is 2. The lowest BCUT2D eigenvalue weighted by Crippen LogP contribution is -2.38. The second-order valence-electron chi connectivity index (χ2n) is 6.21. The molecule has 3 aliphatic carbocycles. The summed E-state index contributed by atoms with van der Waals surface area (Å²) in [4.78, 5) is 0. The smallest absolute Gasteiger partial charge is 0.0580 e. The third-order valence-electron chi connectivity index (χ3n) is 4.82. The first-order valence-corrected chi connectivity index (χ1v) is 7.45. The van der Waals surface area contributed by atoms with Gasteiger partial charge < -0.3 is 10.4 Å². The minimum absolute atomic E-state index is 0.0535. The first-order valence-electron chi connectivity index (χ1n) is 7.45. The van der Waals surface area contributed by atoms with Crippen molar-refractivity contribution >= 4 is 0 Å². The predicted molar refractivity (Wildman–Crippen MR) is 69.9 cm³/mol. The second-order valence-corrected chi connectivity index (χ2v) is 6.21. The predicted octanol–water partition coefficient (Wildman–Crippen LogP) is 2.91. The van der Waals surface area contributed by atoms with Crippen molar-refractivity contribution in [2.24, 2.45) is 0 Å². The highest BCUT2D eigenvalue weighted by molar-refractivity contribution is 5.26. The van der Waals surface area contributed by atoms with Crippen LogP contribution >= 0.6 is 0 Å². The van der Waals surface area contributed by atoms with Gasteiger partial charge in [0.25, 0.3) is 0 Å². The summed E-state index contributed by atoms with van der Waals surface area (Å²) in [7, 11) is 0. The molecule has 0 saturated heterocycles. The molecule has 1 saturated carbocycles. The van der Waals surface area contributed by atoms with Crippen LogP contribution < -0.4 is 5.32 Å². The molecule has 96 valence electrons. The molecule has 3 rings (SSSR count). The highest BCUT2D eigenvalue weighted by Gasteiger charge is 2.30. The summed E-state index contributed by atoms with van der Waals surface area (Å²) < 4.78 is 0. The lowest BCUT2D eigenvalue weighted by atomic mass is 9.92. The Morgan fingerprint density at radius 2 is 1.59 bits per heavy atom. The van der Waals surface area contributed by atoms with Crippen LogP contribution in [0.25, 0.3) is 0 Å². The molecule has 0 radical (unpaired) electrons. The Morgan fingerprint density at radius 1 is 0.824 bits per heavy atom. The van der Waals surface area contributed by atoms with E-state index < -0.39 is 0 Å². The summed E-state index contributed by atoms with van der Waals surface area (Å²) in [5, 5.41) is 13.6. The summed E-state index contributed by atoms with van der Waals surface area (Å²) in [5.74, 6) is 0. The van der Waals surface area contributed by atoms with Gasteiger partial charge in [-0.2, -0.15) is 0 Å². The van der Waals surface area contributed by atoms with Gasteiger partial charge in [-0.25, -0.2) is 0 Å². The number of rotatable bonds is 2. The summed E-state index contributed by atoms with van der Waals surface area (Å²) in [5.41, 5.74) is 3.25. The monoisotopic (exact) mass is 235 g/mol. The molecule has 0 amide bonds. The summed E-state index contributed by atoms with van der Waals surface area (Å²) >= 11 is 0. The minimum atomic E-state index is -0.0535. The Bertz CT molecular complexity index is 304. The Balaban J connectivity index is 1.52. The van der Waals surface area contributed by atoms with E-state index in [0.29, 0.717) is 6.04 Å². The molecular formula is C15H25NO. The Labute approximate surface area is 104 Å². The van der Waals surface area contributed by atoms with Crippen LogP contribution in [0.1, 0.15) is 64.2 Å². The largest absolute Gasteiger partial charge is 0.393 e. The third kappa shape index (κ3) is 2.74. The van der Waals surface area contributed by atoms with Crippen LogP contribution in [0.3, 0.4) is 0 Å². The van der Waals surface area contributed by atoms with E-state index in [9.17, 15) is 5.11 Å². The van der Waals surface area contributed by atoms with Crippen molar-refractivity contribution in [2.45, 2.75) is 82.4 Å². The summed E-state index contributed by atoms with van der Waals surface area (Å²) in [6, 6.07) is 1.47. The van der Waals surface area contributed by atoms with Gasteiger partial charge in [-0.15, -0.1) is 0 Å². The number of nitrogens with one attached hydrogen (secondary N) is 1. The van der Waals surface area contributed by atoms with E-state index in [0.717, 1.165) is 25.3 Å². The van der Waals surface area contributed by atoms with Crippen LogP contribution in [0.4, 0.5) is 0 Å². The van der Waals surface area contributed by atoms with Gasteiger partial charge in [-0.1, -0.05) is 30.4 Å². The number of aliphatic hydroxyl groups is 1. The molecule has 0 spiro atoms. The van der Waals surface area contributed by atoms with Gasteiger partial charge in [0.2, 0.25) is 0 Å². The quantitative estimate of drug-likeness (QED) is 0.721. The van der Waals surface area contributed by atoms with Crippen molar-refractivity contribution in [3.8, 4) is 0 Å². The van der Waals surface area contributed by atoms with Gasteiger partial charge in [0.15, 0.2) is 0 Å². The molecule has 2 unspecified atom stereocenters. The van der Waals surface area contributed by atoms with Crippen molar-refractivity contribution in [3.63, 3.8) is 0 Å². The van der Waals surface area contributed by atoms with E-state index >= 15 is 0 Å². The third-order valence-corrected chi connectivity index (χ3v) is 4.82. The fourth-order valence-corrected chi connectivity index (χ4v) is 3.91. The highest BCUT2D eigenvalue weighted by atomic mass is 16.3. The van der Waals surface area contributed by atoms with Gasteiger partial charge in [-0.3, -0.25) is 0 Å². The van der Waals surface area contributed by atoms with Crippen LogP contribution in [0, 0.1) is 0 Å². The SMILES string of the molecule is OC1CCC2=C(C1)CC(NC1CCCCC1)C2. The zero-order chi connectivity index (χ0) is 11.7. The molecule has 3 aliphatic rings. The molecule has 0 aromatic carbocycles. The van der Waals surface area contributed by atoms with E-state index in [-0.39, 0.29) is 6.10 Å². The molecule has 0 bridgehead atoms. The lowest BCUT2D eigenvalue weighted by Gasteiger charge is -2.26. The van der Waals surface area contributed by atoms with Crippen LogP contribution in [-0.4, -0.2) is 23.3 Å². The van der Waals surface area contributed by atoms with E-state index in [1.54, 1.807) is 11.1 Å². The normalized spacial score (nSPS) is 35.1. The number of hydrogen-bond donors (Lipinski definition) is 2. The zero-order valence-corrected chi connectivity index (χ0v) is 10.8. The molecule has 0 aliphatic heterocycles. The Morgan fingerprint density at radius 3 is 2.41 bits per heavy atom. The maximum atomic E-state index is 9.71. The lowest BCUT2D eigenvalue weighted by molar-refractivity contribution is 0.158. The van der Waals surface area contributed by atoms with Crippen LogP contribution in [0.15, 0.2) is 11.1 Å². The average molecular weight is 235 g/mol. The highest BCUT2D eigenvalue weighted by Crippen LogP contribution is 2.37. The standard InChI is InChI=1S/C15H25NO/c17-15-7-6-11-8-14(9-12(11)10-15)16-13-4-2-1-3-5-13/h13-17H,1-10H2. The second kappa shape index (κ2) is 5.11. The molecule has 17 heavy (non-hydrogen) atoms. The van der Waals surface area contributed by atoms with Gasteiger partial charge >= 0.3 is 0 Å². The van der Waals surface area contributed by atoms with Crippen molar-refractivity contribution in [1.29, 1.82) is 0 Å². The molecule has 0 heterocycles. The van der Waals surface area contributed by atoms with Gasteiger partial charge in [-0.05, 0) is 44.9 Å². The Hall–Kier alpha value is -0.340. The van der Waals surface area contributed by atoms with E-state index in [1.807, 2.05) is 0 Å². The maximum absolute atomic E-state index is 9.71. The fourth-order valence-electron chi connectivity index (χ4n) is 3.91. The van der Waals surface area contributed by atoms with Crippen LogP contribution in [0.2, 0.25) is 0 Å². The molecule has 1 fully saturated rings. The zero-order valence-electron chi connectivity index (χ0n) is 10.8. The van der Waals surface area contributed by atoms with E-state index in [2.05, 4.69) is 5.32 Å². The van der Waals surface area contributed by atoms with Gasteiger partial charge in [0, 0.05) is 12.1 Å². The topological polar surface area (TPSA) is 32.3 Å². The summed E-state index contributed by atoms with van der Waals surface area (Å²) in [6.45, 7) is 0. The molecule has 2 atom stereocenters. The van der Waals surface area contributed by atoms with Gasteiger partial charge in [0.1, 0.15) is 0 Å². The molecule has 0 aromatic heterocycles. The first kappa shape index (κ1) is 11.7. The number of aliphatic hydroxyl groups excluding tert-OH is 1. The van der Waals surface area contributed by atoms with Gasteiger partial charge in [0.05, 0.1) is 6.10 Å². The maximum Gasteiger partial charge on any atom is 0.0580 e. The van der Waals surface area contributed by atoms with Crippen molar-refractivity contribution < 1.29 is 5.11 Å². The Kier molecular flexibility index (Phi) is 3.53. The van der Waals surface area contributed by atoms with E-state index in [4.69, 9.17) is 0 Å². The van der Waals surface area contributed by atoms with E-state index in [1.165, 1.54) is 44.9 Å². The summed E-state index contributed by atoms with van der Waals surface area (Å²) in [6.07, 6.45) is 12.5. The van der Waals surface area contributed by atoms with Crippen molar-refractivity contribution in [1.82, 2.24) is 5.32 Å². The molecule has 0 aromatic rings. The van der Waals surface area contributed by atoms with Crippen molar-refractivity contribution in [2.75, 3.05) is 0 Å². The van der Waals surface area contributed by atoms with Crippen molar-refractivity contribution in [3.05, 3.63) is 11.1 Å². The molecular weight excluding hydrogens is 210 g/mol. The van der Waals surface area contributed by atoms with Crippen LogP contribution in [0.5, 0.6) is 0 Å². The fraction of sp³-hybridized carbons (Fsp3) is 0.867. The molecule has 2 N–H and O–H groups in total.